The molecule has 0 unspecified atom stereocenters. The lowest BCUT2D eigenvalue weighted by atomic mass is 9.98. The lowest BCUT2D eigenvalue weighted by molar-refractivity contribution is 0.414. The van der Waals surface area contributed by atoms with Gasteiger partial charge >= 0.3 is 0 Å². The first-order valence-electron chi connectivity index (χ1n) is 5.56. The summed E-state index contributed by atoms with van der Waals surface area (Å²) in [4.78, 5) is 0. The second-order valence-corrected chi connectivity index (χ2v) is 4.18. The summed E-state index contributed by atoms with van der Waals surface area (Å²) >= 11 is 0. The van der Waals surface area contributed by atoms with Gasteiger partial charge in [0, 0.05) is 0 Å². The quantitative estimate of drug-likeness (QED) is 0.849. The maximum Gasteiger partial charge on any atom is 0.119 e. The van der Waals surface area contributed by atoms with Crippen molar-refractivity contribution < 1.29 is 9.84 Å². The maximum atomic E-state index is 9.52. The van der Waals surface area contributed by atoms with E-state index in [1.807, 2.05) is 37.3 Å². The number of hydrogen-bond donors (Lipinski definition) is 1. The predicted molar refractivity (Wildman–Crippen MR) is 69.6 cm³/mol. The summed E-state index contributed by atoms with van der Waals surface area (Å²) in [6.07, 6.45) is 0. The number of phenols is 1. The van der Waals surface area contributed by atoms with E-state index in [-0.39, 0.29) is 0 Å². The fraction of sp³-hybridized carbons (Fsp3) is 0.200. The molecule has 0 radical (unpaired) electrons. The van der Waals surface area contributed by atoms with Crippen LogP contribution in [0, 0.1) is 13.8 Å². The van der Waals surface area contributed by atoms with Crippen molar-refractivity contribution in [1.82, 2.24) is 0 Å². The fourth-order valence-corrected chi connectivity index (χ4v) is 1.91. The molecule has 0 saturated heterocycles. The maximum absolute atomic E-state index is 9.52. The van der Waals surface area contributed by atoms with Gasteiger partial charge in [-0.25, -0.2) is 0 Å². The monoisotopic (exact) mass is 228 g/mol. The third kappa shape index (κ3) is 2.26. The molecule has 1 N–H and O–H groups in total. The van der Waals surface area contributed by atoms with Crippen LogP contribution < -0.4 is 4.74 Å². The minimum atomic E-state index is 0.333. The van der Waals surface area contributed by atoms with Crippen molar-refractivity contribution in [3.05, 3.63) is 47.5 Å². The summed E-state index contributed by atoms with van der Waals surface area (Å²) in [5, 5.41) is 9.52. The molecule has 2 heteroatoms. The summed E-state index contributed by atoms with van der Waals surface area (Å²) in [7, 11) is 1.67. The summed E-state index contributed by atoms with van der Waals surface area (Å²) in [6.45, 7) is 3.96. The van der Waals surface area contributed by atoms with Crippen LogP contribution in [0.3, 0.4) is 0 Å². The Morgan fingerprint density at radius 1 is 0.941 bits per heavy atom. The lowest BCUT2D eigenvalue weighted by Gasteiger charge is -2.09. The van der Waals surface area contributed by atoms with Crippen LogP contribution >= 0.6 is 0 Å². The largest absolute Gasteiger partial charge is 0.508 e. The van der Waals surface area contributed by atoms with E-state index in [9.17, 15) is 5.11 Å². The van der Waals surface area contributed by atoms with Gasteiger partial charge in [-0.2, -0.15) is 0 Å². The van der Waals surface area contributed by atoms with Gasteiger partial charge in [0.2, 0.25) is 0 Å². The van der Waals surface area contributed by atoms with Crippen molar-refractivity contribution in [2.75, 3.05) is 7.11 Å². The molecule has 0 spiro atoms. The van der Waals surface area contributed by atoms with Crippen LogP contribution in [-0.4, -0.2) is 12.2 Å². The molecule has 0 amide bonds. The average Bonchev–Trinajstić information content (AvgIpc) is 2.32. The van der Waals surface area contributed by atoms with Crippen molar-refractivity contribution in [3.63, 3.8) is 0 Å². The highest BCUT2D eigenvalue weighted by molar-refractivity contribution is 5.69. The summed E-state index contributed by atoms with van der Waals surface area (Å²) in [5.41, 5.74) is 4.32. The van der Waals surface area contributed by atoms with Crippen LogP contribution in [0.4, 0.5) is 0 Å². The Hall–Kier alpha value is -1.96. The van der Waals surface area contributed by atoms with Gasteiger partial charge in [-0.1, -0.05) is 12.1 Å². The molecule has 2 rings (SSSR count). The van der Waals surface area contributed by atoms with E-state index in [1.165, 1.54) is 0 Å². The third-order valence-corrected chi connectivity index (χ3v) is 2.94. The van der Waals surface area contributed by atoms with Crippen LogP contribution in [0.25, 0.3) is 11.1 Å². The van der Waals surface area contributed by atoms with Crippen molar-refractivity contribution in [3.8, 4) is 22.6 Å². The number of rotatable bonds is 2. The normalized spacial score (nSPS) is 10.3. The first-order chi connectivity index (χ1) is 8.11. The standard InChI is InChI=1S/C15H16O2/c1-10-9-13(17-3)5-6-14(10)12-4-7-15(16)11(2)8-12/h4-9,16H,1-3H3. The van der Waals surface area contributed by atoms with Gasteiger partial charge in [0.05, 0.1) is 7.11 Å². The van der Waals surface area contributed by atoms with Crippen LogP contribution in [0.2, 0.25) is 0 Å². The number of methoxy groups -OCH3 is 1. The average molecular weight is 228 g/mol. The van der Waals surface area contributed by atoms with Gasteiger partial charge in [0.1, 0.15) is 11.5 Å². The number of aromatic hydroxyl groups is 1. The highest BCUT2D eigenvalue weighted by Gasteiger charge is 2.05. The van der Waals surface area contributed by atoms with Crippen molar-refractivity contribution in [2.24, 2.45) is 0 Å². The third-order valence-electron chi connectivity index (χ3n) is 2.94. The lowest BCUT2D eigenvalue weighted by Crippen LogP contribution is -1.88. The zero-order valence-corrected chi connectivity index (χ0v) is 10.3. The number of benzene rings is 2. The molecule has 0 atom stereocenters. The number of ether oxygens (including phenoxy) is 1. The van der Waals surface area contributed by atoms with E-state index in [4.69, 9.17) is 4.74 Å². The summed E-state index contributed by atoms with van der Waals surface area (Å²) in [6, 6.07) is 11.7. The molecular formula is C15H16O2. The van der Waals surface area contributed by atoms with Gasteiger partial charge < -0.3 is 9.84 Å². The molecular weight excluding hydrogens is 212 g/mol. The summed E-state index contributed by atoms with van der Waals surface area (Å²) < 4.78 is 5.19. The molecule has 2 nitrogen and oxygen atoms in total. The zero-order chi connectivity index (χ0) is 12.4. The first-order valence-corrected chi connectivity index (χ1v) is 5.56. The number of phenolic OH excluding ortho intramolecular Hbond substituents is 1. The Bertz CT molecular complexity index is 545. The number of hydrogen-bond acceptors (Lipinski definition) is 2. The Morgan fingerprint density at radius 2 is 1.71 bits per heavy atom. The topological polar surface area (TPSA) is 29.5 Å². The predicted octanol–water partition coefficient (Wildman–Crippen LogP) is 3.68. The molecule has 88 valence electrons. The molecule has 0 aliphatic carbocycles. The molecule has 2 aromatic carbocycles. The molecule has 0 saturated carbocycles. The Balaban J connectivity index is 2.49. The van der Waals surface area contributed by atoms with E-state index < -0.39 is 0 Å². The smallest absolute Gasteiger partial charge is 0.119 e. The molecule has 2 aromatic rings. The molecule has 0 heterocycles. The van der Waals surface area contributed by atoms with Gasteiger partial charge in [0.15, 0.2) is 0 Å². The SMILES string of the molecule is COc1ccc(-c2ccc(O)c(C)c2)c(C)c1. The van der Waals surface area contributed by atoms with E-state index >= 15 is 0 Å². The van der Waals surface area contributed by atoms with E-state index in [2.05, 4.69) is 6.92 Å². The van der Waals surface area contributed by atoms with Crippen LogP contribution in [0.5, 0.6) is 11.5 Å². The van der Waals surface area contributed by atoms with Crippen molar-refractivity contribution in [2.45, 2.75) is 13.8 Å². The molecule has 0 bridgehead atoms. The van der Waals surface area contributed by atoms with E-state index in [0.717, 1.165) is 28.0 Å². The molecule has 0 aliphatic heterocycles. The van der Waals surface area contributed by atoms with Crippen LogP contribution in [0.15, 0.2) is 36.4 Å². The second kappa shape index (κ2) is 4.50. The van der Waals surface area contributed by atoms with Crippen LogP contribution in [-0.2, 0) is 0 Å². The zero-order valence-electron chi connectivity index (χ0n) is 10.3. The van der Waals surface area contributed by atoms with Gasteiger partial charge in [0.25, 0.3) is 0 Å². The van der Waals surface area contributed by atoms with E-state index in [0.29, 0.717) is 5.75 Å². The molecule has 0 fully saturated rings. The summed E-state index contributed by atoms with van der Waals surface area (Å²) in [5.74, 6) is 1.20. The Labute approximate surface area is 101 Å². The van der Waals surface area contributed by atoms with Crippen LogP contribution in [0.1, 0.15) is 11.1 Å². The minimum Gasteiger partial charge on any atom is -0.508 e. The van der Waals surface area contributed by atoms with Gasteiger partial charge in [-0.3, -0.25) is 0 Å². The van der Waals surface area contributed by atoms with Crippen molar-refractivity contribution >= 4 is 0 Å². The number of aryl methyl sites for hydroxylation is 2. The Kier molecular flexibility index (Phi) is 3.05. The fourth-order valence-electron chi connectivity index (χ4n) is 1.91. The highest BCUT2D eigenvalue weighted by atomic mass is 16.5. The van der Waals surface area contributed by atoms with Gasteiger partial charge in [-0.05, 0) is 60.4 Å². The minimum absolute atomic E-state index is 0.333. The highest BCUT2D eigenvalue weighted by Crippen LogP contribution is 2.29. The second-order valence-electron chi connectivity index (χ2n) is 4.18. The van der Waals surface area contributed by atoms with Gasteiger partial charge in [-0.15, -0.1) is 0 Å². The van der Waals surface area contributed by atoms with Crippen molar-refractivity contribution in [1.29, 1.82) is 0 Å². The first kappa shape index (κ1) is 11.5. The van der Waals surface area contributed by atoms with E-state index in [1.54, 1.807) is 13.2 Å². The molecule has 0 aliphatic rings. The Morgan fingerprint density at radius 3 is 2.29 bits per heavy atom. The molecule has 17 heavy (non-hydrogen) atoms. The molecule has 0 aromatic heterocycles.